The van der Waals surface area contributed by atoms with Crippen molar-refractivity contribution in [3.05, 3.63) is 90.0 Å². The fourth-order valence-electron chi connectivity index (χ4n) is 2.75. The Morgan fingerprint density at radius 1 is 0.862 bits per heavy atom. The van der Waals surface area contributed by atoms with Gasteiger partial charge in [0.25, 0.3) is 5.91 Å². The number of benzene rings is 3. The maximum absolute atomic E-state index is 12.7. The number of rotatable bonds is 9. The van der Waals surface area contributed by atoms with E-state index in [1.165, 1.54) is 0 Å². The van der Waals surface area contributed by atoms with Gasteiger partial charge in [0.1, 0.15) is 30.5 Å². The molecule has 0 saturated heterocycles. The maximum atomic E-state index is 12.7. The topological polar surface area (TPSA) is 56.8 Å². The van der Waals surface area contributed by atoms with Gasteiger partial charge in [0.2, 0.25) is 0 Å². The summed E-state index contributed by atoms with van der Waals surface area (Å²) in [6.45, 7) is 2.65. The van der Waals surface area contributed by atoms with Crippen LogP contribution < -0.4 is 19.5 Å². The predicted molar refractivity (Wildman–Crippen MR) is 113 cm³/mol. The molecule has 0 aliphatic carbocycles. The zero-order chi connectivity index (χ0) is 20.5. The zero-order valence-electron chi connectivity index (χ0n) is 16.6. The molecule has 1 atom stereocenters. The van der Waals surface area contributed by atoms with E-state index in [0.29, 0.717) is 24.5 Å². The van der Waals surface area contributed by atoms with Gasteiger partial charge in [-0.05, 0) is 48.9 Å². The van der Waals surface area contributed by atoms with Gasteiger partial charge >= 0.3 is 0 Å². The first-order valence-corrected chi connectivity index (χ1v) is 9.49. The molecule has 150 valence electrons. The average molecular weight is 391 g/mol. The van der Waals surface area contributed by atoms with Crippen LogP contribution in [0.2, 0.25) is 0 Å². The molecule has 0 radical (unpaired) electrons. The van der Waals surface area contributed by atoms with E-state index < -0.39 is 0 Å². The minimum atomic E-state index is -0.195. The van der Waals surface area contributed by atoms with Crippen LogP contribution in [0.15, 0.2) is 78.9 Å². The van der Waals surface area contributed by atoms with Crippen molar-refractivity contribution >= 4 is 5.91 Å². The molecule has 0 unspecified atom stereocenters. The third-order valence-electron chi connectivity index (χ3n) is 4.31. The van der Waals surface area contributed by atoms with Crippen LogP contribution in [0, 0.1) is 0 Å². The average Bonchev–Trinajstić information content (AvgIpc) is 2.77. The van der Waals surface area contributed by atoms with Gasteiger partial charge in [-0.15, -0.1) is 0 Å². The van der Waals surface area contributed by atoms with E-state index in [1.54, 1.807) is 19.2 Å². The maximum Gasteiger partial charge on any atom is 0.255 e. The Labute approximate surface area is 171 Å². The third kappa shape index (κ3) is 6.01. The third-order valence-corrected chi connectivity index (χ3v) is 4.31. The van der Waals surface area contributed by atoms with Crippen molar-refractivity contribution in [1.29, 1.82) is 0 Å². The van der Waals surface area contributed by atoms with Crippen LogP contribution in [0.3, 0.4) is 0 Å². The summed E-state index contributed by atoms with van der Waals surface area (Å²) in [6.07, 6.45) is 0. The van der Waals surface area contributed by atoms with Gasteiger partial charge in [-0.25, -0.2) is 0 Å². The second-order valence-corrected chi connectivity index (χ2v) is 6.63. The molecule has 3 aromatic rings. The molecule has 0 bridgehead atoms. The lowest BCUT2D eigenvalue weighted by Gasteiger charge is -2.17. The normalized spacial score (nSPS) is 11.4. The first-order valence-electron chi connectivity index (χ1n) is 9.49. The van der Waals surface area contributed by atoms with Crippen molar-refractivity contribution in [2.45, 2.75) is 19.6 Å². The van der Waals surface area contributed by atoms with Crippen molar-refractivity contribution in [2.24, 2.45) is 0 Å². The number of carbonyl (C=O) groups excluding carboxylic acids is 1. The lowest BCUT2D eigenvalue weighted by molar-refractivity contribution is 0.0922. The number of nitrogens with one attached hydrogen (secondary N) is 1. The highest BCUT2D eigenvalue weighted by atomic mass is 16.5. The Hall–Kier alpha value is -3.47. The lowest BCUT2D eigenvalue weighted by Crippen LogP contribution is -2.37. The Bertz CT molecular complexity index is 910. The van der Waals surface area contributed by atoms with E-state index in [9.17, 15) is 4.79 Å². The molecule has 0 spiro atoms. The molecule has 0 fully saturated rings. The summed E-state index contributed by atoms with van der Waals surface area (Å²) < 4.78 is 16.7. The zero-order valence-corrected chi connectivity index (χ0v) is 16.6. The van der Waals surface area contributed by atoms with Gasteiger partial charge in [0, 0.05) is 0 Å². The summed E-state index contributed by atoms with van der Waals surface area (Å²) in [7, 11) is 1.62. The molecular formula is C24H25NO4. The van der Waals surface area contributed by atoms with Crippen molar-refractivity contribution in [1.82, 2.24) is 5.32 Å². The SMILES string of the molecule is COc1ccc(OC[C@H](C)NC(=O)c2ccccc2OCc2ccccc2)cc1. The second kappa shape index (κ2) is 10.2. The lowest BCUT2D eigenvalue weighted by atomic mass is 10.1. The Morgan fingerprint density at radius 3 is 2.24 bits per heavy atom. The highest BCUT2D eigenvalue weighted by Gasteiger charge is 2.15. The number of carbonyl (C=O) groups is 1. The summed E-state index contributed by atoms with van der Waals surface area (Å²) in [4.78, 5) is 12.7. The number of amides is 1. The van der Waals surface area contributed by atoms with Crippen LogP contribution in [-0.4, -0.2) is 25.7 Å². The fourth-order valence-corrected chi connectivity index (χ4v) is 2.75. The van der Waals surface area contributed by atoms with E-state index in [1.807, 2.05) is 73.7 Å². The smallest absolute Gasteiger partial charge is 0.255 e. The molecule has 29 heavy (non-hydrogen) atoms. The first-order chi connectivity index (χ1) is 14.2. The molecule has 0 aliphatic heterocycles. The van der Waals surface area contributed by atoms with Crippen molar-refractivity contribution in [3.63, 3.8) is 0 Å². The van der Waals surface area contributed by atoms with Crippen LogP contribution >= 0.6 is 0 Å². The summed E-state index contributed by atoms with van der Waals surface area (Å²) in [5.74, 6) is 1.85. The molecule has 1 N–H and O–H groups in total. The molecule has 0 aromatic heterocycles. The number of methoxy groups -OCH3 is 1. The molecular weight excluding hydrogens is 366 g/mol. The number of para-hydroxylation sites is 1. The van der Waals surface area contributed by atoms with Crippen molar-refractivity contribution in [2.75, 3.05) is 13.7 Å². The predicted octanol–water partition coefficient (Wildman–Crippen LogP) is 4.47. The largest absolute Gasteiger partial charge is 0.497 e. The van der Waals surface area contributed by atoms with Crippen LogP contribution in [0.25, 0.3) is 0 Å². The first kappa shape index (κ1) is 20.3. The molecule has 3 rings (SSSR count). The van der Waals surface area contributed by atoms with Crippen LogP contribution in [0.1, 0.15) is 22.8 Å². The minimum Gasteiger partial charge on any atom is -0.497 e. The Morgan fingerprint density at radius 2 is 1.52 bits per heavy atom. The standard InChI is InChI=1S/C24H25NO4/c1-18(16-28-21-14-12-20(27-2)13-15-21)25-24(26)22-10-6-7-11-23(22)29-17-19-8-4-3-5-9-19/h3-15,18H,16-17H2,1-2H3,(H,25,26)/t18-/m0/s1. The molecule has 5 nitrogen and oxygen atoms in total. The van der Waals surface area contributed by atoms with Gasteiger partial charge < -0.3 is 19.5 Å². The van der Waals surface area contributed by atoms with E-state index in [2.05, 4.69) is 5.32 Å². The van der Waals surface area contributed by atoms with E-state index in [-0.39, 0.29) is 11.9 Å². The van der Waals surface area contributed by atoms with Crippen LogP contribution in [-0.2, 0) is 6.61 Å². The van der Waals surface area contributed by atoms with Crippen LogP contribution in [0.5, 0.6) is 17.2 Å². The molecule has 3 aromatic carbocycles. The highest BCUT2D eigenvalue weighted by molar-refractivity contribution is 5.97. The number of ether oxygens (including phenoxy) is 3. The molecule has 0 saturated carbocycles. The van der Waals surface area contributed by atoms with Gasteiger partial charge in [-0.1, -0.05) is 42.5 Å². The molecule has 0 aliphatic rings. The Balaban J connectivity index is 1.55. The monoisotopic (exact) mass is 391 g/mol. The highest BCUT2D eigenvalue weighted by Crippen LogP contribution is 2.20. The summed E-state index contributed by atoms with van der Waals surface area (Å²) in [6, 6.07) is 24.2. The summed E-state index contributed by atoms with van der Waals surface area (Å²) in [5, 5.41) is 2.96. The quantitative estimate of drug-likeness (QED) is 0.585. The number of hydrogen-bond acceptors (Lipinski definition) is 4. The van der Waals surface area contributed by atoms with Crippen LogP contribution in [0.4, 0.5) is 0 Å². The summed E-state index contributed by atoms with van der Waals surface area (Å²) in [5.41, 5.74) is 1.55. The van der Waals surface area contributed by atoms with Gasteiger partial charge in [0.05, 0.1) is 18.7 Å². The minimum absolute atomic E-state index is 0.174. The fraction of sp³-hybridized carbons (Fsp3) is 0.208. The van der Waals surface area contributed by atoms with E-state index in [0.717, 1.165) is 17.1 Å². The van der Waals surface area contributed by atoms with Gasteiger partial charge in [-0.2, -0.15) is 0 Å². The molecule has 1 amide bonds. The summed E-state index contributed by atoms with van der Waals surface area (Å²) >= 11 is 0. The van der Waals surface area contributed by atoms with Crippen molar-refractivity contribution < 1.29 is 19.0 Å². The van der Waals surface area contributed by atoms with Gasteiger partial charge in [0.15, 0.2) is 0 Å². The second-order valence-electron chi connectivity index (χ2n) is 6.63. The van der Waals surface area contributed by atoms with E-state index >= 15 is 0 Å². The van der Waals surface area contributed by atoms with E-state index in [4.69, 9.17) is 14.2 Å². The molecule has 0 heterocycles. The number of hydrogen-bond donors (Lipinski definition) is 1. The van der Waals surface area contributed by atoms with Crippen molar-refractivity contribution in [3.8, 4) is 17.2 Å². The Kier molecular flexibility index (Phi) is 7.11. The molecule has 5 heteroatoms. The van der Waals surface area contributed by atoms with Gasteiger partial charge in [-0.3, -0.25) is 4.79 Å².